The quantitative estimate of drug-likeness (QED) is 0.0782. The number of nitrogens with one attached hydrogen (secondary N) is 4. The van der Waals surface area contributed by atoms with Crippen LogP contribution in [0.15, 0.2) is 66.3 Å². The number of piperidine rings is 1. The monoisotopic (exact) mass is 1090 g/mol. The van der Waals surface area contributed by atoms with Gasteiger partial charge in [-0.15, -0.1) is 0 Å². The lowest BCUT2D eigenvalue weighted by atomic mass is 9.69. The summed E-state index contributed by atoms with van der Waals surface area (Å²) in [7, 11) is 0. The zero-order valence-electron chi connectivity index (χ0n) is 47.8. The van der Waals surface area contributed by atoms with Gasteiger partial charge in [-0.25, -0.2) is 5.43 Å². The van der Waals surface area contributed by atoms with Crippen LogP contribution in [-0.2, 0) is 38.2 Å². The molecule has 1 aromatic carbocycles. The van der Waals surface area contributed by atoms with E-state index in [0.29, 0.717) is 49.7 Å². The van der Waals surface area contributed by atoms with Gasteiger partial charge in [0, 0.05) is 55.4 Å². The number of Topliss-reactive ketones (excluding diaryl/α,β-unsaturated/α-hetero) is 1. The highest BCUT2D eigenvalue weighted by atomic mass is 16.5. The SMILES string of the molecule is CC[C@H]1C[C@H](C)[C@@]2(NC1=O)O[C@@H](C[C@H](O)[C@@H](C)CC/C=C/C=C(\C)[C@@H]1C/C=C/C=C/[C@H](O)[C@H](C)[C@@H](O)[C@@H](CCC(C)=O)C(=O)N[C@@H](C(C)C)C(=O)NC(c3ccc(C)c(O)c3)C(=O)N3CCCC(N3)C(=O)O1)[C@H](C)[C@H](O)[C@@H]2C. The van der Waals surface area contributed by atoms with Gasteiger partial charge in [-0.1, -0.05) is 110 Å². The molecular weight excluding hydrogens is 999 g/mol. The summed E-state index contributed by atoms with van der Waals surface area (Å²) < 4.78 is 12.9. The highest BCUT2D eigenvalue weighted by Crippen LogP contribution is 2.46. The number of cyclic esters (lactones) is 1. The fourth-order valence-electron chi connectivity index (χ4n) is 11.2. The molecule has 4 heterocycles. The van der Waals surface area contributed by atoms with Gasteiger partial charge in [0.2, 0.25) is 17.7 Å². The number of ketones is 1. The molecule has 434 valence electrons. The van der Waals surface area contributed by atoms with Crippen LogP contribution in [0.3, 0.4) is 0 Å². The molecule has 2 unspecified atom stereocenters. The van der Waals surface area contributed by atoms with Gasteiger partial charge < -0.3 is 55.8 Å². The van der Waals surface area contributed by atoms with E-state index < -0.39 is 102 Å². The Labute approximate surface area is 461 Å². The maximum atomic E-state index is 14.6. The number of hydrogen-bond donors (Lipinski definition) is 9. The van der Waals surface area contributed by atoms with Crippen LogP contribution in [0.4, 0.5) is 0 Å². The number of aryl methyl sites for hydroxylation is 1. The first-order valence-electron chi connectivity index (χ1n) is 28.4. The minimum atomic E-state index is -1.44. The second-order valence-corrected chi connectivity index (χ2v) is 23.2. The van der Waals surface area contributed by atoms with Crippen LogP contribution in [0.2, 0.25) is 0 Å². The number of carbonyl (C=O) groups is 6. The lowest BCUT2D eigenvalue weighted by molar-refractivity contribution is -0.267. The summed E-state index contributed by atoms with van der Waals surface area (Å²) in [5.74, 6) is -6.59. The maximum Gasteiger partial charge on any atom is 0.325 e. The number of esters is 1. The molecule has 4 aliphatic heterocycles. The molecule has 0 aliphatic carbocycles. The molecule has 78 heavy (non-hydrogen) atoms. The number of hydrazine groups is 1. The number of fused-ring (bicyclic) bond motifs is 2. The van der Waals surface area contributed by atoms with Crippen molar-refractivity contribution in [3.05, 3.63) is 77.4 Å². The molecule has 1 spiro atoms. The van der Waals surface area contributed by atoms with E-state index in [1.165, 1.54) is 24.1 Å². The van der Waals surface area contributed by atoms with Gasteiger partial charge in [-0.2, -0.15) is 0 Å². The molecule has 1 aromatic rings. The van der Waals surface area contributed by atoms with Gasteiger partial charge in [-0.05, 0) is 100 Å². The molecule has 4 aliphatic rings. The molecule has 17 atom stereocenters. The molecule has 9 N–H and O–H groups in total. The van der Waals surface area contributed by atoms with E-state index in [2.05, 4.69) is 28.3 Å². The first kappa shape index (κ1) is 63.6. The topological polar surface area (TPSA) is 273 Å². The number of aromatic hydroxyl groups is 1. The second-order valence-electron chi connectivity index (χ2n) is 23.2. The van der Waals surface area contributed by atoms with Gasteiger partial charge in [0.05, 0.1) is 36.4 Å². The minimum absolute atomic E-state index is 0.0266. The predicted molar refractivity (Wildman–Crippen MR) is 295 cm³/mol. The average Bonchev–Trinajstić information content (AvgIpc) is 3.50. The van der Waals surface area contributed by atoms with E-state index in [9.17, 15) is 54.3 Å². The second kappa shape index (κ2) is 28.8. The third-order valence-corrected chi connectivity index (χ3v) is 17.0. The Morgan fingerprint density at radius 1 is 0.949 bits per heavy atom. The molecule has 0 radical (unpaired) electrons. The molecule has 0 saturated carbocycles. The van der Waals surface area contributed by atoms with Crippen LogP contribution >= 0.6 is 0 Å². The summed E-state index contributed by atoms with van der Waals surface area (Å²) in [6.07, 6.45) is 10.6. The lowest BCUT2D eigenvalue weighted by Crippen LogP contribution is -2.71. The van der Waals surface area contributed by atoms with Crippen molar-refractivity contribution < 1.29 is 63.8 Å². The maximum absolute atomic E-state index is 14.6. The van der Waals surface area contributed by atoms with Crippen molar-refractivity contribution in [1.82, 2.24) is 26.4 Å². The summed E-state index contributed by atoms with van der Waals surface area (Å²) in [6, 6.07) is 0.996. The first-order valence-corrected chi connectivity index (χ1v) is 28.4. The van der Waals surface area contributed by atoms with Gasteiger partial charge in [0.15, 0.2) is 0 Å². The summed E-state index contributed by atoms with van der Waals surface area (Å²) >= 11 is 0. The number of ether oxygens (including phenoxy) is 2. The van der Waals surface area contributed by atoms with E-state index in [0.717, 1.165) is 6.42 Å². The number of rotatable bonds is 14. The summed E-state index contributed by atoms with van der Waals surface area (Å²) in [4.78, 5) is 82.4. The van der Waals surface area contributed by atoms with Crippen molar-refractivity contribution >= 4 is 35.4 Å². The minimum Gasteiger partial charge on any atom is -0.508 e. The normalized spacial score (nSPS) is 34.9. The van der Waals surface area contributed by atoms with E-state index in [1.807, 2.05) is 52.8 Å². The van der Waals surface area contributed by atoms with Gasteiger partial charge in [-0.3, -0.25) is 29.0 Å². The van der Waals surface area contributed by atoms with Gasteiger partial charge in [0.1, 0.15) is 41.5 Å². The van der Waals surface area contributed by atoms with E-state index >= 15 is 0 Å². The van der Waals surface area contributed by atoms with Crippen molar-refractivity contribution in [1.29, 1.82) is 0 Å². The lowest BCUT2D eigenvalue weighted by Gasteiger charge is -2.56. The largest absolute Gasteiger partial charge is 0.508 e. The number of hydrogen-bond acceptors (Lipinski definition) is 14. The predicted octanol–water partition coefficient (Wildman–Crippen LogP) is 5.85. The molecule has 2 bridgehead atoms. The number of allylic oxidation sites excluding steroid dienone is 5. The third-order valence-electron chi connectivity index (χ3n) is 17.0. The molecule has 3 saturated heterocycles. The highest BCUT2D eigenvalue weighted by molar-refractivity contribution is 5.93. The number of nitrogens with zero attached hydrogens (tertiary/aromatic N) is 1. The summed E-state index contributed by atoms with van der Waals surface area (Å²) in [5.41, 5.74) is 3.49. The molecular formula is C60H91N5O13. The first-order chi connectivity index (χ1) is 36.8. The Balaban J connectivity index is 1.36. The number of aliphatic hydroxyl groups is 4. The fourth-order valence-corrected chi connectivity index (χ4v) is 11.2. The van der Waals surface area contributed by atoms with E-state index in [1.54, 1.807) is 58.1 Å². The van der Waals surface area contributed by atoms with Crippen LogP contribution in [0.25, 0.3) is 0 Å². The summed E-state index contributed by atoms with van der Waals surface area (Å²) in [6.45, 7) is 19.9. The molecule has 5 rings (SSSR count). The van der Waals surface area contributed by atoms with Crippen LogP contribution in [-0.4, -0.2) is 127 Å². The number of phenolic OH excluding ortho intramolecular Hbond substituents is 1. The standard InChI is InChI=1S/C60H91N5O13/c1-12-42-30-37(7)60(63-55(42)72)41(11)53(70)40(10)50(78-60)32-48(69)34(4)20-15-13-16-21-36(6)49-24-18-14-17-23-46(67)39(9)54(71)44(28-26-38(8)66)56(73)61-51(33(2)3)57(74)62-52(43-27-25-35(5)47(68)31-43)58(75)65-29-19-22-45(64-65)59(76)77-49/h13-14,16-18,21,23,25,27,31,33-34,37,39-42,44-46,48-54,64,67-71H,12,15,19-20,22,24,26,28-30,32H2,1-11H3,(H,61,73)(H,62,74)(H,63,72)/b16-13+,18-14+,23-17+,36-21+/t34-,37-,39-,40-,41-,42-,44+,45?,46-,48-,49-,50-,51-,52?,53-,54+,60+/m0/s1. The van der Waals surface area contributed by atoms with Crippen molar-refractivity contribution in [2.24, 2.45) is 47.3 Å². The Kier molecular flexibility index (Phi) is 23.5. The molecule has 18 heteroatoms. The third kappa shape index (κ3) is 16.0. The van der Waals surface area contributed by atoms with E-state index in [-0.39, 0.29) is 78.4 Å². The van der Waals surface area contributed by atoms with Crippen LogP contribution in [0.1, 0.15) is 151 Å². The summed E-state index contributed by atoms with van der Waals surface area (Å²) in [5, 5.41) is 66.5. The molecule has 0 aromatic heterocycles. The van der Waals surface area contributed by atoms with Crippen molar-refractivity contribution in [2.45, 2.75) is 201 Å². The van der Waals surface area contributed by atoms with Crippen molar-refractivity contribution in [3.63, 3.8) is 0 Å². The number of carbonyl (C=O) groups excluding carboxylic acids is 6. The molecule has 18 nitrogen and oxygen atoms in total. The Bertz CT molecular complexity index is 2370. The molecule has 4 amide bonds. The number of phenols is 1. The van der Waals surface area contributed by atoms with E-state index in [4.69, 9.17) is 9.47 Å². The Hall–Kier alpha value is -5.24. The van der Waals surface area contributed by atoms with Crippen LogP contribution in [0, 0.1) is 54.3 Å². The smallest absolute Gasteiger partial charge is 0.325 e. The fraction of sp³-hybridized carbons (Fsp3) is 0.667. The zero-order valence-corrected chi connectivity index (χ0v) is 47.8. The van der Waals surface area contributed by atoms with Crippen LogP contribution in [0.5, 0.6) is 5.75 Å². The van der Waals surface area contributed by atoms with Gasteiger partial charge >= 0.3 is 5.97 Å². The number of benzene rings is 1. The van der Waals surface area contributed by atoms with Crippen LogP contribution < -0.4 is 21.4 Å². The Morgan fingerprint density at radius 2 is 1.67 bits per heavy atom. The van der Waals surface area contributed by atoms with Crippen molar-refractivity contribution in [3.8, 4) is 5.75 Å². The number of aliphatic hydroxyl groups excluding tert-OH is 4. The van der Waals surface area contributed by atoms with Gasteiger partial charge in [0.25, 0.3) is 5.91 Å². The zero-order chi connectivity index (χ0) is 57.8. The number of amides is 4. The van der Waals surface area contributed by atoms with Crippen molar-refractivity contribution in [2.75, 3.05) is 6.54 Å². The molecule has 3 fully saturated rings. The Morgan fingerprint density at radius 3 is 2.33 bits per heavy atom. The highest BCUT2D eigenvalue weighted by Gasteiger charge is 2.57. The average molecular weight is 1090 g/mol.